The number of nitrogens with two attached hydrogens (primary N) is 1. The van der Waals surface area contributed by atoms with Crippen molar-refractivity contribution in [3.8, 4) is 0 Å². The normalized spacial score (nSPS) is 20.9. The number of benzene rings is 1. The molecule has 2 N–H and O–H groups in total. The standard InChI is InChI=1S/C15H23NO/c1-12(16)6-5-11-17-15-10-4-8-13-7-2-3-9-14(13)15/h2-3,7,9,12,15H,4-6,8,10-11,16H2,1H3. The van der Waals surface area contributed by atoms with Crippen molar-refractivity contribution in [2.75, 3.05) is 6.61 Å². The lowest BCUT2D eigenvalue weighted by atomic mass is 9.89. The van der Waals surface area contributed by atoms with Crippen LogP contribution < -0.4 is 5.73 Å². The Morgan fingerprint density at radius 1 is 1.41 bits per heavy atom. The van der Waals surface area contributed by atoms with Crippen molar-refractivity contribution >= 4 is 0 Å². The van der Waals surface area contributed by atoms with Gasteiger partial charge >= 0.3 is 0 Å². The Kier molecular flexibility index (Phi) is 4.57. The molecule has 1 aromatic carbocycles. The predicted molar refractivity (Wildman–Crippen MR) is 71.0 cm³/mol. The Morgan fingerprint density at radius 2 is 2.24 bits per heavy atom. The van der Waals surface area contributed by atoms with E-state index >= 15 is 0 Å². The van der Waals surface area contributed by atoms with Crippen LogP contribution in [0, 0.1) is 0 Å². The van der Waals surface area contributed by atoms with Crippen LogP contribution in [0.4, 0.5) is 0 Å². The quantitative estimate of drug-likeness (QED) is 0.793. The van der Waals surface area contributed by atoms with Crippen molar-refractivity contribution in [1.82, 2.24) is 0 Å². The zero-order chi connectivity index (χ0) is 12.1. The maximum absolute atomic E-state index is 6.00. The van der Waals surface area contributed by atoms with Gasteiger partial charge in [-0.2, -0.15) is 0 Å². The van der Waals surface area contributed by atoms with E-state index in [0.717, 1.165) is 25.9 Å². The summed E-state index contributed by atoms with van der Waals surface area (Å²) in [6.07, 6.45) is 6.04. The van der Waals surface area contributed by atoms with E-state index in [4.69, 9.17) is 10.5 Å². The smallest absolute Gasteiger partial charge is 0.0827 e. The van der Waals surface area contributed by atoms with Crippen LogP contribution >= 0.6 is 0 Å². The fraction of sp³-hybridized carbons (Fsp3) is 0.600. The van der Waals surface area contributed by atoms with E-state index in [1.165, 1.54) is 24.0 Å². The first kappa shape index (κ1) is 12.6. The van der Waals surface area contributed by atoms with E-state index in [1.807, 2.05) is 0 Å². The van der Waals surface area contributed by atoms with Gasteiger partial charge in [-0.1, -0.05) is 24.3 Å². The molecule has 0 radical (unpaired) electrons. The summed E-state index contributed by atoms with van der Waals surface area (Å²) in [5, 5.41) is 0. The molecule has 0 aliphatic heterocycles. The van der Waals surface area contributed by atoms with Gasteiger partial charge in [0.15, 0.2) is 0 Å². The van der Waals surface area contributed by atoms with Gasteiger partial charge in [0, 0.05) is 12.6 Å². The minimum absolute atomic E-state index is 0.289. The van der Waals surface area contributed by atoms with Crippen LogP contribution in [-0.2, 0) is 11.2 Å². The Morgan fingerprint density at radius 3 is 3.06 bits per heavy atom. The zero-order valence-corrected chi connectivity index (χ0v) is 10.7. The molecule has 2 unspecified atom stereocenters. The largest absolute Gasteiger partial charge is 0.374 e. The summed E-state index contributed by atoms with van der Waals surface area (Å²) >= 11 is 0. The summed E-state index contributed by atoms with van der Waals surface area (Å²) < 4.78 is 6.00. The van der Waals surface area contributed by atoms with Crippen LogP contribution in [0.3, 0.4) is 0 Å². The number of aryl methyl sites for hydroxylation is 1. The lowest BCUT2D eigenvalue weighted by Gasteiger charge is -2.25. The highest BCUT2D eigenvalue weighted by molar-refractivity contribution is 5.31. The molecule has 0 saturated heterocycles. The number of hydrogen-bond donors (Lipinski definition) is 1. The third kappa shape index (κ3) is 3.55. The number of hydrogen-bond acceptors (Lipinski definition) is 2. The molecule has 0 aromatic heterocycles. The average Bonchev–Trinajstić information content (AvgIpc) is 2.34. The summed E-state index contributed by atoms with van der Waals surface area (Å²) in [6.45, 7) is 2.89. The van der Waals surface area contributed by atoms with E-state index in [1.54, 1.807) is 0 Å². The van der Waals surface area contributed by atoms with Gasteiger partial charge in [0.1, 0.15) is 0 Å². The molecule has 0 fully saturated rings. The molecule has 2 nitrogen and oxygen atoms in total. The fourth-order valence-electron chi connectivity index (χ4n) is 2.51. The third-order valence-electron chi connectivity index (χ3n) is 3.44. The molecule has 2 heteroatoms. The van der Waals surface area contributed by atoms with E-state index in [-0.39, 0.29) is 6.04 Å². The van der Waals surface area contributed by atoms with Crippen LogP contribution in [-0.4, -0.2) is 12.6 Å². The Hall–Kier alpha value is -0.860. The van der Waals surface area contributed by atoms with E-state index in [2.05, 4.69) is 31.2 Å². The molecule has 2 rings (SSSR count). The Bertz CT molecular complexity index is 349. The molecule has 0 spiro atoms. The Balaban J connectivity index is 1.86. The van der Waals surface area contributed by atoms with Crippen LogP contribution in [0.2, 0.25) is 0 Å². The maximum atomic E-state index is 6.00. The molecule has 17 heavy (non-hydrogen) atoms. The lowest BCUT2D eigenvalue weighted by Crippen LogP contribution is -2.17. The van der Waals surface area contributed by atoms with Crippen molar-refractivity contribution < 1.29 is 4.74 Å². The molecule has 2 atom stereocenters. The molecule has 94 valence electrons. The van der Waals surface area contributed by atoms with Crippen LogP contribution in [0.5, 0.6) is 0 Å². The highest BCUT2D eigenvalue weighted by Gasteiger charge is 2.19. The number of fused-ring (bicyclic) bond motifs is 1. The first-order valence-corrected chi connectivity index (χ1v) is 6.72. The fourth-order valence-corrected chi connectivity index (χ4v) is 2.51. The molecular formula is C15H23NO. The highest BCUT2D eigenvalue weighted by atomic mass is 16.5. The van der Waals surface area contributed by atoms with Crippen molar-refractivity contribution in [3.63, 3.8) is 0 Å². The van der Waals surface area contributed by atoms with Crippen LogP contribution in [0.1, 0.15) is 49.8 Å². The molecule has 0 saturated carbocycles. The third-order valence-corrected chi connectivity index (χ3v) is 3.44. The molecule has 0 bridgehead atoms. The molecular weight excluding hydrogens is 210 g/mol. The van der Waals surface area contributed by atoms with E-state index < -0.39 is 0 Å². The molecule has 1 aliphatic carbocycles. The van der Waals surface area contributed by atoms with E-state index in [0.29, 0.717) is 6.10 Å². The van der Waals surface area contributed by atoms with Gasteiger partial charge in [-0.05, 0) is 50.2 Å². The second kappa shape index (κ2) is 6.18. The Labute approximate surface area is 104 Å². The van der Waals surface area contributed by atoms with Gasteiger partial charge in [0.2, 0.25) is 0 Å². The monoisotopic (exact) mass is 233 g/mol. The summed E-state index contributed by atoms with van der Waals surface area (Å²) in [5.41, 5.74) is 8.60. The first-order chi connectivity index (χ1) is 8.27. The van der Waals surface area contributed by atoms with Gasteiger partial charge < -0.3 is 10.5 Å². The van der Waals surface area contributed by atoms with Gasteiger partial charge in [-0.15, -0.1) is 0 Å². The second-order valence-corrected chi connectivity index (χ2v) is 5.07. The van der Waals surface area contributed by atoms with Gasteiger partial charge in [-0.25, -0.2) is 0 Å². The number of rotatable bonds is 5. The summed E-state index contributed by atoms with van der Waals surface area (Å²) in [5.74, 6) is 0. The first-order valence-electron chi connectivity index (χ1n) is 6.72. The summed E-state index contributed by atoms with van der Waals surface area (Å²) in [7, 11) is 0. The molecule has 0 heterocycles. The van der Waals surface area contributed by atoms with Crippen LogP contribution in [0.15, 0.2) is 24.3 Å². The molecule has 1 aliphatic rings. The maximum Gasteiger partial charge on any atom is 0.0827 e. The lowest BCUT2D eigenvalue weighted by molar-refractivity contribution is 0.0379. The predicted octanol–water partition coefficient (Wildman–Crippen LogP) is 3.21. The van der Waals surface area contributed by atoms with Crippen molar-refractivity contribution in [1.29, 1.82) is 0 Å². The van der Waals surface area contributed by atoms with E-state index in [9.17, 15) is 0 Å². The topological polar surface area (TPSA) is 35.2 Å². The molecule has 1 aromatic rings. The summed E-state index contributed by atoms with van der Waals surface area (Å²) in [4.78, 5) is 0. The van der Waals surface area contributed by atoms with Gasteiger partial charge in [-0.3, -0.25) is 0 Å². The second-order valence-electron chi connectivity index (χ2n) is 5.07. The van der Waals surface area contributed by atoms with Crippen LogP contribution in [0.25, 0.3) is 0 Å². The van der Waals surface area contributed by atoms with Gasteiger partial charge in [0.05, 0.1) is 6.10 Å². The molecule has 0 amide bonds. The number of ether oxygens (including phenoxy) is 1. The highest BCUT2D eigenvalue weighted by Crippen LogP contribution is 2.32. The summed E-state index contributed by atoms with van der Waals surface area (Å²) in [6, 6.07) is 8.97. The minimum atomic E-state index is 0.289. The van der Waals surface area contributed by atoms with Crippen molar-refractivity contribution in [3.05, 3.63) is 35.4 Å². The van der Waals surface area contributed by atoms with Crippen molar-refractivity contribution in [2.45, 2.75) is 51.2 Å². The zero-order valence-electron chi connectivity index (χ0n) is 10.7. The minimum Gasteiger partial charge on any atom is -0.374 e. The van der Waals surface area contributed by atoms with Gasteiger partial charge in [0.25, 0.3) is 0 Å². The average molecular weight is 233 g/mol. The van der Waals surface area contributed by atoms with Crippen molar-refractivity contribution in [2.24, 2.45) is 5.73 Å². The SMILES string of the molecule is CC(N)CCCOC1CCCc2ccccc21.